The average molecular weight is 449 g/mol. The first-order valence-electron chi connectivity index (χ1n) is 7.94. The van der Waals surface area contributed by atoms with Crippen molar-refractivity contribution in [1.29, 1.82) is 0 Å². The monoisotopic (exact) mass is 448 g/mol. The molecule has 29 heavy (non-hydrogen) atoms. The maximum Gasteiger partial charge on any atom is 0.304 e. The van der Waals surface area contributed by atoms with Crippen molar-refractivity contribution < 1.29 is 46.7 Å². The Hall–Kier alpha value is -2.32. The number of carbonyl (C=O) groups excluding carboxylic acids is 1. The molecule has 2 rings (SSSR count). The molecule has 1 heterocycles. The number of aromatic nitrogens is 1. The number of hydrogen-bond acceptors (Lipinski definition) is 8. The van der Waals surface area contributed by atoms with E-state index in [4.69, 9.17) is 23.8 Å². The first kappa shape index (κ1) is 24.7. The topological polar surface area (TPSA) is 197 Å². The summed E-state index contributed by atoms with van der Waals surface area (Å²) in [7, 11) is -8.67. The first-order valence-corrected chi connectivity index (χ1v) is 10.7. The largest absolute Gasteiger partial charge is 0.304 e. The van der Waals surface area contributed by atoms with Crippen LogP contribution >= 0.6 is 0 Å². The van der Waals surface area contributed by atoms with E-state index in [9.17, 15) is 13.2 Å². The summed E-state index contributed by atoms with van der Waals surface area (Å²) in [5.74, 6) is -0.217. The molecular weight excluding hydrogens is 428 g/mol. The Morgan fingerprint density at radius 2 is 1.48 bits per heavy atom. The van der Waals surface area contributed by atoms with Crippen LogP contribution in [0, 0.1) is 31.0 Å². The molecule has 0 fully saturated rings. The van der Waals surface area contributed by atoms with Gasteiger partial charge in [-0.05, 0) is 36.8 Å². The standard InChI is InChI=1S/C16H20N4O3S.ClHO4/c1-11-8-12(2)20(13(3)9-11)10-16(21)19-18-14-4-6-15(7-5-14)24(17,22)23;2-1(3,4)5/h4-9,18H,10H2,1-3H3,(H2-,17,19,21,22,23);(H,2,3,4,5). The second-order valence-corrected chi connectivity index (χ2v) is 8.34. The van der Waals surface area contributed by atoms with Gasteiger partial charge in [0, 0.05) is 26.0 Å². The van der Waals surface area contributed by atoms with Gasteiger partial charge in [0.25, 0.3) is 0 Å². The van der Waals surface area contributed by atoms with Crippen molar-refractivity contribution in [3.8, 4) is 0 Å². The number of primary sulfonamides is 1. The van der Waals surface area contributed by atoms with Crippen molar-refractivity contribution in [2.24, 2.45) is 5.14 Å². The molecule has 0 aliphatic heterocycles. The number of anilines is 1. The fourth-order valence-corrected chi connectivity index (χ4v) is 2.95. The Kier molecular flexibility index (Phi) is 8.47. The number of pyridine rings is 1. The molecule has 1 aromatic heterocycles. The van der Waals surface area contributed by atoms with Crippen molar-refractivity contribution in [3.05, 3.63) is 53.3 Å². The van der Waals surface area contributed by atoms with Gasteiger partial charge >= 0.3 is 5.91 Å². The molecule has 0 unspecified atom stereocenters. The number of benzene rings is 1. The lowest BCUT2D eigenvalue weighted by molar-refractivity contribution is -2.00. The van der Waals surface area contributed by atoms with E-state index in [0.29, 0.717) is 5.69 Å². The van der Waals surface area contributed by atoms with E-state index in [0.717, 1.165) is 17.0 Å². The summed E-state index contributed by atoms with van der Waals surface area (Å²) in [4.78, 5) is 12.1. The van der Waals surface area contributed by atoms with Crippen LogP contribution in [0.5, 0.6) is 0 Å². The molecule has 0 aliphatic rings. The molecule has 13 heteroatoms. The van der Waals surface area contributed by atoms with Crippen LogP contribution in [-0.2, 0) is 21.4 Å². The highest BCUT2D eigenvalue weighted by Crippen LogP contribution is 2.11. The first-order chi connectivity index (χ1) is 13.2. The van der Waals surface area contributed by atoms with Gasteiger partial charge in [-0.1, -0.05) is 0 Å². The third-order valence-corrected chi connectivity index (χ3v) is 4.48. The number of amides is 1. The van der Waals surface area contributed by atoms with Gasteiger partial charge in [-0.15, -0.1) is 10.2 Å². The highest BCUT2D eigenvalue weighted by molar-refractivity contribution is 7.89. The van der Waals surface area contributed by atoms with Gasteiger partial charge in [-0.3, -0.25) is 15.6 Å². The lowest BCUT2D eigenvalue weighted by atomic mass is 10.2. The summed E-state index contributed by atoms with van der Waals surface area (Å²) in [5, 5.41) is 5.03. The number of nitrogens with one attached hydrogen (secondary N) is 2. The summed E-state index contributed by atoms with van der Waals surface area (Å²) < 4.78 is 58.3. The number of hydrazine groups is 1. The molecule has 0 saturated carbocycles. The van der Waals surface area contributed by atoms with Crippen molar-refractivity contribution in [1.82, 2.24) is 5.43 Å². The molecule has 2 aromatic rings. The molecule has 160 valence electrons. The number of halogens is 1. The van der Waals surface area contributed by atoms with E-state index in [2.05, 4.69) is 10.9 Å². The second kappa shape index (κ2) is 9.93. The maximum absolute atomic E-state index is 12.1. The van der Waals surface area contributed by atoms with Gasteiger partial charge in [0.05, 0.1) is 10.6 Å². The zero-order valence-corrected chi connectivity index (χ0v) is 17.4. The predicted molar refractivity (Wildman–Crippen MR) is 90.4 cm³/mol. The van der Waals surface area contributed by atoms with E-state index < -0.39 is 20.3 Å². The number of nitrogens with zero attached hydrogens (tertiary/aromatic N) is 1. The Morgan fingerprint density at radius 1 is 1.03 bits per heavy atom. The van der Waals surface area contributed by atoms with Gasteiger partial charge in [-0.25, -0.2) is 32.2 Å². The molecule has 1 aromatic carbocycles. The van der Waals surface area contributed by atoms with Crippen LogP contribution < -0.4 is 39.2 Å². The van der Waals surface area contributed by atoms with E-state index in [1.165, 1.54) is 24.3 Å². The fourth-order valence-electron chi connectivity index (χ4n) is 2.44. The van der Waals surface area contributed by atoms with E-state index in [-0.39, 0.29) is 17.3 Å². The third kappa shape index (κ3) is 9.62. The minimum Gasteiger partial charge on any atom is -0.298 e. The highest BCUT2D eigenvalue weighted by atomic mass is 35.7. The molecule has 0 aliphatic carbocycles. The van der Waals surface area contributed by atoms with Gasteiger partial charge in [-0.2, -0.15) is 4.57 Å². The number of sulfonamides is 1. The molecule has 4 N–H and O–H groups in total. The summed E-state index contributed by atoms with van der Waals surface area (Å²) in [6.07, 6.45) is 0. The van der Waals surface area contributed by atoms with Crippen LogP contribution in [0.1, 0.15) is 17.0 Å². The molecule has 0 atom stereocenters. The molecule has 0 radical (unpaired) electrons. The molecule has 1 amide bonds. The van der Waals surface area contributed by atoms with Crippen LogP contribution in [0.15, 0.2) is 41.3 Å². The van der Waals surface area contributed by atoms with Gasteiger partial charge in [0.15, 0.2) is 11.4 Å². The number of rotatable bonds is 5. The Labute approximate surface area is 170 Å². The number of nitrogens with two attached hydrogens (primary N) is 1. The van der Waals surface area contributed by atoms with E-state index >= 15 is 0 Å². The number of aryl methyl sites for hydroxylation is 3. The fraction of sp³-hybridized carbons (Fsp3) is 0.250. The molecule has 0 bridgehead atoms. The lowest BCUT2D eigenvalue weighted by Crippen LogP contribution is -2.68. The second-order valence-electron chi connectivity index (χ2n) is 6.02. The van der Waals surface area contributed by atoms with Crippen molar-refractivity contribution >= 4 is 21.6 Å². The van der Waals surface area contributed by atoms with Gasteiger partial charge < -0.3 is 0 Å². The van der Waals surface area contributed by atoms with Crippen LogP contribution in [0.25, 0.3) is 0 Å². The smallest absolute Gasteiger partial charge is 0.298 e. The SMILES string of the molecule is Cc1cc(C)[n+](CC(=O)NNc2ccc(S(N)(=O)=O)cc2)c(C)c1.[O-][Cl+3]([O-])([O-])[O-]. The average Bonchev–Trinajstić information content (AvgIpc) is 2.54. The van der Waals surface area contributed by atoms with Gasteiger partial charge in [0.1, 0.15) is 0 Å². The summed E-state index contributed by atoms with van der Waals surface area (Å²) in [6.45, 7) is 6.09. The number of hydrogen-bond donors (Lipinski definition) is 3. The molecule has 0 spiro atoms. The Bertz CT molecular complexity index is 931. The quantitative estimate of drug-likeness (QED) is 0.303. The normalized spacial score (nSPS) is 11.3. The van der Waals surface area contributed by atoms with Crippen LogP contribution in [0.4, 0.5) is 5.69 Å². The predicted octanol–water partition coefficient (Wildman–Crippen LogP) is -4.07. The number of carbonyl (C=O) groups is 1. The Balaban J connectivity index is 0.000000749. The minimum absolute atomic E-state index is 0.0147. The van der Waals surface area contributed by atoms with Crippen molar-refractivity contribution in [2.75, 3.05) is 5.43 Å². The molecule has 11 nitrogen and oxygen atoms in total. The maximum atomic E-state index is 12.1. The van der Waals surface area contributed by atoms with Crippen LogP contribution in [0.2, 0.25) is 0 Å². The summed E-state index contributed by atoms with van der Waals surface area (Å²) in [6, 6.07) is 9.81. The zero-order valence-electron chi connectivity index (χ0n) is 15.8. The summed E-state index contributed by atoms with van der Waals surface area (Å²) >= 11 is 0. The summed E-state index contributed by atoms with van der Waals surface area (Å²) in [5.41, 5.74) is 9.03. The molecule has 0 saturated heterocycles. The van der Waals surface area contributed by atoms with E-state index in [1.54, 1.807) is 0 Å². The van der Waals surface area contributed by atoms with Crippen molar-refractivity contribution in [3.63, 3.8) is 0 Å². The third-order valence-electron chi connectivity index (χ3n) is 3.56. The van der Waals surface area contributed by atoms with Crippen LogP contribution in [-0.4, -0.2) is 14.3 Å². The molecular formula is C16H21ClN4O7S. The Morgan fingerprint density at radius 3 is 1.90 bits per heavy atom. The zero-order chi connectivity index (χ0) is 22.4. The van der Waals surface area contributed by atoms with Gasteiger partial charge in [0.2, 0.25) is 16.6 Å². The van der Waals surface area contributed by atoms with E-state index in [1.807, 2.05) is 37.5 Å². The van der Waals surface area contributed by atoms with Crippen LogP contribution in [0.3, 0.4) is 0 Å². The van der Waals surface area contributed by atoms with Crippen molar-refractivity contribution in [2.45, 2.75) is 32.2 Å². The lowest BCUT2D eigenvalue weighted by Gasteiger charge is -2.17. The minimum atomic E-state index is -4.94. The highest BCUT2D eigenvalue weighted by Gasteiger charge is 2.16.